The van der Waals surface area contributed by atoms with Gasteiger partial charge in [-0.2, -0.15) is 0 Å². The minimum Gasteiger partial charge on any atom is -0.462 e. The van der Waals surface area contributed by atoms with Crippen LogP contribution in [0.5, 0.6) is 0 Å². The summed E-state index contributed by atoms with van der Waals surface area (Å²) >= 11 is 0. The molecule has 0 aliphatic carbocycles. The smallest absolute Gasteiger partial charge is 0.306 e. The quantitative estimate of drug-likeness (QED) is 0.0205. The van der Waals surface area contributed by atoms with Crippen molar-refractivity contribution in [3.8, 4) is 0 Å². The van der Waals surface area contributed by atoms with Gasteiger partial charge in [0.05, 0.1) is 0 Å². The van der Waals surface area contributed by atoms with Gasteiger partial charge in [0.25, 0.3) is 0 Å². The lowest BCUT2D eigenvalue weighted by Crippen LogP contribution is -2.30. The molecule has 1 atom stereocenters. The van der Waals surface area contributed by atoms with Crippen molar-refractivity contribution in [3.05, 3.63) is 72.9 Å². The first-order valence-corrected chi connectivity index (χ1v) is 22.0. The van der Waals surface area contributed by atoms with Crippen LogP contribution in [0.25, 0.3) is 0 Å². The molecule has 0 rings (SSSR count). The van der Waals surface area contributed by atoms with Gasteiger partial charge in [0.1, 0.15) is 13.2 Å². The molecule has 0 fully saturated rings. The second-order valence-corrected chi connectivity index (χ2v) is 14.2. The summed E-state index contributed by atoms with van der Waals surface area (Å²) in [6.45, 7) is 6.29. The van der Waals surface area contributed by atoms with Crippen LogP contribution in [0.15, 0.2) is 72.9 Å². The van der Waals surface area contributed by atoms with E-state index in [4.69, 9.17) is 14.2 Å². The van der Waals surface area contributed by atoms with Crippen molar-refractivity contribution in [3.63, 3.8) is 0 Å². The van der Waals surface area contributed by atoms with Crippen molar-refractivity contribution in [1.82, 2.24) is 0 Å². The number of hydrogen-bond acceptors (Lipinski definition) is 6. The molecule has 0 bridgehead atoms. The second-order valence-electron chi connectivity index (χ2n) is 14.2. The number of carbonyl (C=O) groups excluding carboxylic acids is 3. The van der Waals surface area contributed by atoms with Crippen molar-refractivity contribution < 1.29 is 28.6 Å². The number of allylic oxidation sites excluding steroid dienone is 12. The summed E-state index contributed by atoms with van der Waals surface area (Å²) in [7, 11) is 0. The molecule has 0 amide bonds. The molecule has 0 aromatic rings. The summed E-state index contributed by atoms with van der Waals surface area (Å²) in [6.07, 6.45) is 51.8. The van der Waals surface area contributed by atoms with Gasteiger partial charge in [-0.05, 0) is 83.5 Å². The van der Waals surface area contributed by atoms with Gasteiger partial charge in [0.15, 0.2) is 6.10 Å². The van der Waals surface area contributed by atoms with Gasteiger partial charge < -0.3 is 14.2 Å². The first kappa shape index (κ1) is 50.9. The predicted molar refractivity (Wildman–Crippen MR) is 228 cm³/mol. The highest BCUT2D eigenvalue weighted by atomic mass is 16.6. The zero-order chi connectivity index (χ0) is 39.4. The SMILES string of the molecule is CC\C=C/C=C\C=C/CCCCCCCCCC(=O)OCC(COC(=O)CCC/C=C\CCCCCC)OC(=O)CCCCCCC/C=C\C/C=C\CC. The molecule has 6 nitrogen and oxygen atoms in total. The number of carbonyl (C=O) groups is 3. The largest absolute Gasteiger partial charge is 0.462 e. The molecule has 0 spiro atoms. The van der Waals surface area contributed by atoms with Crippen LogP contribution in [0.3, 0.4) is 0 Å². The summed E-state index contributed by atoms with van der Waals surface area (Å²) in [5, 5.41) is 0. The lowest BCUT2D eigenvalue weighted by atomic mass is 10.1. The average molecular weight is 753 g/mol. The first-order valence-electron chi connectivity index (χ1n) is 22.0. The molecule has 0 radical (unpaired) electrons. The van der Waals surface area contributed by atoms with Crippen molar-refractivity contribution in [2.45, 2.75) is 200 Å². The van der Waals surface area contributed by atoms with E-state index >= 15 is 0 Å². The van der Waals surface area contributed by atoms with E-state index in [1.165, 1.54) is 51.4 Å². The summed E-state index contributed by atoms with van der Waals surface area (Å²) in [5.41, 5.74) is 0. The Kier molecular flexibility index (Phi) is 40.1. The summed E-state index contributed by atoms with van der Waals surface area (Å²) in [5.74, 6) is -0.968. The summed E-state index contributed by atoms with van der Waals surface area (Å²) < 4.78 is 16.6. The highest BCUT2D eigenvalue weighted by Gasteiger charge is 2.19. The van der Waals surface area contributed by atoms with E-state index in [-0.39, 0.29) is 31.1 Å². The van der Waals surface area contributed by atoms with Gasteiger partial charge in [-0.25, -0.2) is 0 Å². The molecule has 1 unspecified atom stereocenters. The average Bonchev–Trinajstić information content (AvgIpc) is 3.17. The number of rotatable bonds is 38. The van der Waals surface area contributed by atoms with Crippen molar-refractivity contribution in [2.24, 2.45) is 0 Å². The van der Waals surface area contributed by atoms with Crippen LogP contribution in [-0.4, -0.2) is 37.2 Å². The molecule has 0 aliphatic rings. The van der Waals surface area contributed by atoms with Crippen LogP contribution in [0, 0.1) is 0 Å². The van der Waals surface area contributed by atoms with E-state index in [1.54, 1.807) is 0 Å². The number of ether oxygens (including phenoxy) is 3. The van der Waals surface area contributed by atoms with E-state index in [0.717, 1.165) is 96.3 Å². The predicted octanol–water partition coefficient (Wildman–Crippen LogP) is 13.9. The Labute approximate surface area is 332 Å². The zero-order valence-corrected chi connectivity index (χ0v) is 35.0. The Morgan fingerprint density at radius 3 is 1.41 bits per heavy atom. The fourth-order valence-electron chi connectivity index (χ4n) is 5.72. The topological polar surface area (TPSA) is 78.9 Å². The fraction of sp³-hybridized carbons (Fsp3) is 0.688. The summed E-state index contributed by atoms with van der Waals surface area (Å²) in [6, 6.07) is 0. The van der Waals surface area contributed by atoms with Gasteiger partial charge in [0, 0.05) is 19.3 Å². The maximum atomic E-state index is 12.7. The van der Waals surface area contributed by atoms with Crippen LogP contribution in [0.2, 0.25) is 0 Å². The van der Waals surface area contributed by atoms with E-state index in [2.05, 4.69) is 93.7 Å². The fourth-order valence-corrected chi connectivity index (χ4v) is 5.72. The summed E-state index contributed by atoms with van der Waals surface area (Å²) in [4.78, 5) is 37.6. The Balaban J connectivity index is 4.42. The molecule has 0 heterocycles. The van der Waals surface area contributed by atoms with E-state index in [0.29, 0.717) is 25.7 Å². The van der Waals surface area contributed by atoms with Crippen molar-refractivity contribution >= 4 is 17.9 Å². The van der Waals surface area contributed by atoms with E-state index in [9.17, 15) is 14.4 Å². The molecule has 308 valence electrons. The highest BCUT2D eigenvalue weighted by molar-refractivity contribution is 5.71. The second kappa shape index (κ2) is 42.6. The Morgan fingerprint density at radius 1 is 0.407 bits per heavy atom. The standard InChI is InChI=1S/C48H80O6/c1-4-7-10-13-16-19-21-23-24-25-27-29-32-35-38-41-47(50)53-44-45(43-52-46(49)40-37-34-31-28-18-15-12-9-6-3)54-48(51)42-39-36-33-30-26-22-20-17-14-11-8-5-2/h7-8,10-11,13,16-17,19-21,28,31,45H,4-6,9,12,14-15,18,22-27,29-30,32-44H2,1-3H3/b10-7-,11-8-,16-13-,20-17-,21-19-,31-28-. The third kappa shape index (κ3) is 40.0. The minimum absolute atomic E-state index is 0.0972. The third-order valence-corrected chi connectivity index (χ3v) is 8.99. The van der Waals surface area contributed by atoms with Gasteiger partial charge in [0.2, 0.25) is 0 Å². The maximum Gasteiger partial charge on any atom is 0.306 e. The minimum atomic E-state index is -0.795. The monoisotopic (exact) mass is 753 g/mol. The molecule has 0 aliphatic heterocycles. The van der Waals surface area contributed by atoms with Gasteiger partial charge >= 0.3 is 17.9 Å². The number of hydrogen-bond donors (Lipinski definition) is 0. The maximum absolute atomic E-state index is 12.7. The van der Waals surface area contributed by atoms with E-state index < -0.39 is 6.10 Å². The number of esters is 3. The lowest BCUT2D eigenvalue weighted by molar-refractivity contribution is -0.167. The highest BCUT2D eigenvalue weighted by Crippen LogP contribution is 2.13. The van der Waals surface area contributed by atoms with Gasteiger partial charge in [-0.1, -0.05) is 164 Å². The Hall–Kier alpha value is -3.15. The molecular weight excluding hydrogens is 673 g/mol. The molecule has 6 heteroatoms. The molecule has 0 saturated heterocycles. The van der Waals surface area contributed by atoms with Gasteiger partial charge in [-0.3, -0.25) is 14.4 Å². The van der Waals surface area contributed by atoms with Gasteiger partial charge in [-0.15, -0.1) is 0 Å². The third-order valence-electron chi connectivity index (χ3n) is 8.99. The molecule has 0 aromatic heterocycles. The van der Waals surface area contributed by atoms with Crippen LogP contribution < -0.4 is 0 Å². The number of unbranched alkanes of at least 4 members (excludes halogenated alkanes) is 17. The van der Waals surface area contributed by atoms with Crippen molar-refractivity contribution in [1.29, 1.82) is 0 Å². The van der Waals surface area contributed by atoms with Crippen molar-refractivity contribution in [2.75, 3.05) is 13.2 Å². The lowest BCUT2D eigenvalue weighted by Gasteiger charge is -2.18. The zero-order valence-electron chi connectivity index (χ0n) is 35.0. The molecule has 0 aromatic carbocycles. The van der Waals surface area contributed by atoms with Crippen LogP contribution in [0.1, 0.15) is 194 Å². The Bertz CT molecular complexity index is 1050. The molecule has 54 heavy (non-hydrogen) atoms. The van der Waals surface area contributed by atoms with Crippen LogP contribution in [-0.2, 0) is 28.6 Å². The normalized spacial score (nSPS) is 12.7. The Morgan fingerprint density at radius 2 is 0.833 bits per heavy atom. The van der Waals surface area contributed by atoms with Crippen LogP contribution >= 0.6 is 0 Å². The molecule has 0 N–H and O–H groups in total. The first-order chi connectivity index (χ1) is 26.5. The van der Waals surface area contributed by atoms with Crippen LogP contribution in [0.4, 0.5) is 0 Å². The molecule has 0 saturated carbocycles. The molecular formula is C48H80O6. The van der Waals surface area contributed by atoms with E-state index in [1.807, 2.05) is 0 Å².